The summed E-state index contributed by atoms with van der Waals surface area (Å²) in [5.74, 6) is -0.0157. The number of rotatable bonds is 8. The lowest BCUT2D eigenvalue weighted by molar-refractivity contribution is -0.131. The lowest BCUT2D eigenvalue weighted by Gasteiger charge is -2.08. The third-order valence-electron chi connectivity index (χ3n) is 2.71. The van der Waals surface area contributed by atoms with Crippen LogP contribution in [0.2, 0.25) is 0 Å². The molecule has 0 aliphatic heterocycles. The molecule has 0 unspecified atom stereocenters. The summed E-state index contributed by atoms with van der Waals surface area (Å²) in [6, 6.07) is 6.85. The summed E-state index contributed by atoms with van der Waals surface area (Å²) in [4.78, 5) is 21.9. The van der Waals surface area contributed by atoms with Crippen molar-refractivity contribution in [3.8, 4) is 5.75 Å². The van der Waals surface area contributed by atoms with Crippen LogP contribution in [0.5, 0.6) is 5.75 Å². The molecular weight excluding hydrogens is 270 g/mol. The van der Waals surface area contributed by atoms with Gasteiger partial charge in [0.1, 0.15) is 5.75 Å². The SMILES string of the molecule is CC(C)CCNC(=O)COc1ccc(C=CC(=O)O)cc1. The molecule has 0 heterocycles. The highest BCUT2D eigenvalue weighted by molar-refractivity contribution is 5.85. The quantitative estimate of drug-likeness (QED) is 0.721. The van der Waals surface area contributed by atoms with E-state index in [1.165, 1.54) is 6.08 Å². The number of carboxylic acids is 1. The molecule has 1 aromatic rings. The van der Waals surface area contributed by atoms with Gasteiger partial charge in [-0.2, -0.15) is 0 Å². The topological polar surface area (TPSA) is 75.6 Å². The molecule has 21 heavy (non-hydrogen) atoms. The molecule has 0 aliphatic carbocycles. The van der Waals surface area contributed by atoms with Gasteiger partial charge in [0.2, 0.25) is 0 Å². The zero-order valence-corrected chi connectivity index (χ0v) is 12.3. The van der Waals surface area contributed by atoms with E-state index in [4.69, 9.17) is 9.84 Å². The van der Waals surface area contributed by atoms with Crippen LogP contribution >= 0.6 is 0 Å². The van der Waals surface area contributed by atoms with Crippen molar-refractivity contribution in [1.82, 2.24) is 5.32 Å². The summed E-state index contributed by atoms with van der Waals surface area (Å²) in [6.07, 6.45) is 3.50. The Balaban J connectivity index is 2.35. The van der Waals surface area contributed by atoms with Crippen LogP contribution in [0.25, 0.3) is 6.08 Å². The van der Waals surface area contributed by atoms with Crippen molar-refractivity contribution in [3.63, 3.8) is 0 Å². The molecule has 0 saturated carbocycles. The van der Waals surface area contributed by atoms with Crippen LogP contribution in [0, 0.1) is 5.92 Å². The molecular formula is C16H21NO4. The first-order valence-electron chi connectivity index (χ1n) is 6.88. The molecule has 1 rings (SSSR count). The van der Waals surface area contributed by atoms with Crippen LogP contribution in [0.1, 0.15) is 25.8 Å². The predicted octanol–water partition coefficient (Wildman–Crippen LogP) is 2.33. The largest absolute Gasteiger partial charge is 0.484 e. The maximum absolute atomic E-state index is 11.5. The van der Waals surface area contributed by atoms with Crippen molar-refractivity contribution in [2.45, 2.75) is 20.3 Å². The molecule has 0 spiro atoms. The van der Waals surface area contributed by atoms with Crippen LogP contribution < -0.4 is 10.1 Å². The van der Waals surface area contributed by atoms with Gasteiger partial charge in [0, 0.05) is 12.6 Å². The number of benzene rings is 1. The van der Waals surface area contributed by atoms with Crippen molar-refractivity contribution in [2.24, 2.45) is 5.92 Å². The van der Waals surface area contributed by atoms with Crippen LogP contribution in [0.4, 0.5) is 0 Å². The first-order valence-corrected chi connectivity index (χ1v) is 6.88. The van der Waals surface area contributed by atoms with Gasteiger partial charge in [0.15, 0.2) is 6.61 Å². The van der Waals surface area contributed by atoms with E-state index in [-0.39, 0.29) is 12.5 Å². The normalized spacial score (nSPS) is 10.8. The highest BCUT2D eigenvalue weighted by Crippen LogP contribution is 2.13. The molecule has 0 bridgehead atoms. The standard InChI is InChI=1S/C16H21NO4/c1-12(2)9-10-17-15(18)11-21-14-6-3-13(4-7-14)5-8-16(19)20/h3-8,12H,9-11H2,1-2H3,(H,17,18)(H,19,20). The van der Waals surface area contributed by atoms with E-state index in [0.717, 1.165) is 18.1 Å². The van der Waals surface area contributed by atoms with Crippen LogP contribution in [0.3, 0.4) is 0 Å². The van der Waals surface area contributed by atoms with E-state index in [9.17, 15) is 9.59 Å². The Morgan fingerprint density at radius 3 is 2.52 bits per heavy atom. The van der Waals surface area contributed by atoms with Gasteiger partial charge in [0.05, 0.1) is 0 Å². The molecule has 0 fully saturated rings. The highest BCUT2D eigenvalue weighted by atomic mass is 16.5. The third-order valence-corrected chi connectivity index (χ3v) is 2.71. The Morgan fingerprint density at radius 2 is 1.95 bits per heavy atom. The highest BCUT2D eigenvalue weighted by Gasteiger charge is 2.03. The van der Waals surface area contributed by atoms with Crippen molar-refractivity contribution in [3.05, 3.63) is 35.9 Å². The third kappa shape index (κ3) is 7.77. The first kappa shape index (κ1) is 16.8. The summed E-state index contributed by atoms with van der Waals surface area (Å²) in [5, 5.41) is 11.3. The van der Waals surface area contributed by atoms with Gasteiger partial charge in [-0.1, -0.05) is 26.0 Å². The zero-order valence-electron chi connectivity index (χ0n) is 12.3. The fourth-order valence-corrected chi connectivity index (χ4v) is 1.54. The number of amides is 1. The number of hydrogen-bond donors (Lipinski definition) is 2. The molecule has 0 aliphatic rings. The van der Waals surface area contributed by atoms with Crippen LogP contribution in [0.15, 0.2) is 30.3 Å². The molecule has 0 saturated heterocycles. The second-order valence-electron chi connectivity index (χ2n) is 5.06. The van der Waals surface area contributed by atoms with E-state index < -0.39 is 5.97 Å². The van der Waals surface area contributed by atoms with Gasteiger partial charge >= 0.3 is 5.97 Å². The molecule has 0 atom stereocenters. The van der Waals surface area contributed by atoms with Gasteiger partial charge in [-0.3, -0.25) is 4.79 Å². The fraction of sp³-hybridized carbons (Fsp3) is 0.375. The van der Waals surface area contributed by atoms with Crippen molar-refractivity contribution >= 4 is 18.0 Å². The van der Waals surface area contributed by atoms with Crippen molar-refractivity contribution < 1.29 is 19.4 Å². The minimum absolute atomic E-state index is 0.0254. The first-order chi connectivity index (χ1) is 9.97. The average molecular weight is 291 g/mol. The number of carboxylic acid groups (broad SMARTS) is 1. The Morgan fingerprint density at radius 1 is 1.29 bits per heavy atom. The summed E-state index contributed by atoms with van der Waals surface area (Å²) in [6.45, 7) is 4.83. The van der Waals surface area contributed by atoms with E-state index in [1.54, 1.807) is 24.3 Å². The number of hydrogen-bond acceptors (Lipinski definition) is 3. The Labute approximate surface area is 124 Å². The number of nitrogens with one attached hydrogen (secondary N) is 1. The van der Waals surface area contributed by atoms with Gasteiger partial charge in [-0.15, -0.1) is 0 Å². The number of carbonyl (C=O) groups excluding carboxylic acids is 1. The summed E-state index contributed by atoms with van der Waals surface area (Å²) in [7, 11) is 0. The number of carbonyl (C=O) groups is 2. The van der Waals surface area contributed by atoms with Gasteiger partial charge in [-0.25, -0.2) is 4.79 Å². The van der Waals surface area contributed by atoms with Gasteiger partial charge in [-0.05, 0) is 36.1 Å². The maximum atomic E-state index is 11.5. The van der Waals surface area contributed by atoms with E-state index >= 15 is 0 Å². The monoisotopic (exact) mass is 291 g/mol. The Kier molecular flexibility index (Phi) is 7.01. The minimum atomic E-state index is -0.992. The molecule has 0 aromatic heterocycles. The Bertz CT molecular complexity index is 492. The number of ether oxygens (including phenoxy) is 1. The second-order valence-corrected chi connectivity index (χ2v) is 5.06. The zero-order chi connectivity index (χ0) is 15.7. The predicted molar refractivity (Wildman–Crippen MR) is 81.1 cm³/mol. The fourth-order valence-electron chi connectivity index (χ4n) is 1.54. The summed E-state index contributed by atoms with van der Waals surface area (Å²) < 4.78 is 5.35. The van der Waals surface area contributed by atoms with E-state index in [1.807, 2.05) is 0 Å². The molecule has 114 valence electrons. The number of aliphatic carboxylic acids is 1. The molecule has 1 aromatic carbocycles. The average Bonchev–Trinajstić information content (AvgIpc) is 2.43. The summed E-state index contributed by atoms with van der Waals surface area (Å²) in [5.41, 5.74) is 0.756. The second kappa shape index (κ2) is 8.79. The lowest BCUT2D eigenvalue weighted by atomic mass is 10.1. The molecule has 1 amide bonds. The van der Waals surface area contributed by atoms with Gasteiger partial charge < -0.3 is 15.2 Å². The van der Waals surface area contributed by atoms with Crippen LogP contribution in [-0.4, -0.2) is 30.1 Å². The molecule has 0 radical (unpaired) electrons. The minimum Gasteiger partial charge on any atom is -0.484 e. The molecule has 5 nitrogen and oxygen atoms in total. The summed E-state index contributed by atoms with van der Waals surface area (Å²) >= 11 is 0. The molecule has 2 N–H and O–H groups in total. The van der Waals surface area contributed by atoms with E-state index in [0.29, 0.717) is 18.2 Å². The lowest BCUT2D eigenvalue weighted by Crippen LogP contribution is -2.30. The smallest absolute Gasteiger partial charge is 0.328 e. The van der Waals surface area contributed by atoms with Gasteiger partial charge in [0.25, 0.3) is 5.91 Å². The Hall–Kier alpha value is -2.30. The van der Waals surface area contributed by atoms with Crippen molar-refractivity contribution in [2.75, 3.05) is 13.2 Å². The molecule has 5 heteroatoms. The van der Waals surface area contributed by atoms with E-state index in [2.05, 4.69) is 19.2 Å². The van der Waals surface area contributed by atoms with Crippen molar-refractivity contribution in [1.29, 1.82) is 0 Å². The maximum Gasteiger partial charge on any atom is 0.328 e. The van der Waals surface area contributed by atoms with Crippen LogP contribution in [-0.2, 0) is 9.59 Å².